The van der Waals surface area contributed by atoms with E-state index in [2.05, 4.69) is 58.6 Å². The molecule has 0 amide bonds. The van der Waals surface area contributed by atoms with Gasteiger partial charge in [0.1, 0.15) is 11.4 Å². The van der Waals surface area contributed by atoms with Crippen molar-refractivity contribution in [2.75, 3.05) is 32.7 Å². The van der Waals surface area contributed by atoms with Crippen molar-refractivity contribution in [3.63, 3.8) is 0 Å². The second-order valence-corrected chi connectivity index (χ2v) is 7.33. The number of hydrogen-bond donors (Lipinski definition) is 1. The highest BCUT2D eigenvalue weighted by Gasteiger charge is 2.21. The molecule has 1 aliphatic rings. The number of rotatable bonds is 8. The van der Waals surface area contributed by atoms with E-state index in [9.17, 15) is 5.11 Å². The molecule has 0 aliphatic carbocycles. The lowest BCUT2D eigenvalue weighted by Crippen LogP contribution is -2.47. The summed E-state index contributed by atoms with van der Waals surface area (Å²) in [6.45, 7) is 11.7. The number of unbranched alkanes of at least 4 members (excludes halogenated alkanes) is 1. The van der Waals surface area contributed by atoms with Crippen LogP contribution in [-0.2, 0) is 6.42 Å². The van der Waals surface area contributed by atoms with E-state index < -0.39 is 0 Å². The van der Waals surface area contributed by atoms with Crippen LogP contribution in [0.3, 0.4) is 0 Å². The molecular formula is C23H31N3O. The minimum Gasteiger partial charge on any atom is -0.506 e. The Morgan fingerprint density at radius 3 is 2.52 bits per heavy atom. The third-order valence-corrected chi connectivity index (χ3v) is 5.55. The standard InChI is InChI=1S/C23H31N3O/c1-3-22-23(27)13-12-21(24-22)11-7-8-14-25-15-17-26(18-16-25)19(2)20-9-5-4-6-10-20/h3-6,9-10,12-13,19,27H,1,7-8,11,14-18H2,2H3. The van der Waals surface area contributed by atoms with Crippen LogP contribution in [0.5, 0.6) is 5.75 Å². The van der Waals surface area contributed by atoms with Gasteiger partial charge >= 0.3 is 0 Å². The molecule has 1 saturated heterocycles. The summed E-state index contributed by atoms with van der Waals surface area (Å²) in [7, 11) is 0. The first-order valence-electron chi connectivity index (χ1n) is 10.00. The number of benzene rings is 1. The van der Waals surface area contributed by atoms with Crippen LogP contribution in [0.15, 0.2) is 49.0 Å². The van der Waals surface area contributed by atoms with Crippen LogP contribution in [0, 0.1) is 0 Å². The molecule has 0 radical (unpaired) electrons. The van der Waals surface area contributed by atoms with Gasteiger partial charge < -0.3 is 10.0 Å². The van der Waals surface area contributed by atoms with Crippen LogP contribution < -0.4 is 0 Å². The van der Waals surface area contributed by atoms with Gasteiger partial charge in [-0.05, 0) is 56.5 Å². The Morgan fingerprint density at radius 2 is 1.81 bits per heavy atom. The van der Waals surface area contributed by atoms with E-state index in [0.29, 0.717) is 11.7 Å². The first-order chi connectivity index (χ1) is 13.2. The summed E-state index contributed by atoms with van der Waals surface area (Å²) >= 11 is 0. The highest BCUT2D eigenvalue weighted by Crippen LogP contribution is 2.21. The summed E-state index contributed by atoms with van der Waals surface area (Å²) in [5.41, 5.74) is 3.02. The van der Waals surface area contributed by atoms with Crippen molar-refractivity contribution in [1.29, 1.82) is 0 Å². The molecular weight excluding hydrogens is 334 g/mol. The number of pyridine rings is 1. The van der Waals surface area contributed by atoms with Crippen molar-refractivity contribution < 1.29 is 5.11 Å². The zero-order chi connectivity index (χ0) is 19.1. The molecule has 0 spiro atoms. The molecule has 1 atom stereocenters. The lowest BCUT2D eigenvalue weighted by atomic mass is 10.1. The molecule has 0 bridgehead atoms. The van der Waals surface area contributed by atoms with Gasteiger partial charge in [0, 0.05) is 37.9 Å². The van der Waals surface area contributed by atoms with Gasteiger partial charge in [0.2, 0.25) is 0 Å². The lowest BCUT2D eigenvalue weighted by molar-refractivity contribution is 0.101. The van der Waals surface area contributed by atoms with Crippen LogP contribution in [0.2, 0.25) is 0 Å². The Kier molecular flexibility index (Phi) is 7.02. The monoisotopic (exact) mass is 365 g/mol. The molecule has 1 aromatic heterocycles. The fraction of sp³-hybridized carbons (Fsp3) is 0.435. The van der Waals surface area contributed by atoms with Crippen molar-refractivity contribution in [1.82, 2.24) is 14.8 Å². The Hall–Kier alpha value is -2.17. The van der Waals surface area contributed by atoms with Crippen LogP contribution in [-0.4, -0.2) is 52.6 Å². The number of nitrogens with zero attached hydrogens (tertiary/aromatic N) is 3. The van der Waals surface area contributed by atoms with Gasteiger partial charge in [-0.2, -0.15) is 0 Å². The van der Waals surface area contributed by atoms with Crippen molar-refractivity contribution in [3.8, 4) is 5.75 Å². The predicted octanol–water partition coefficient (Wildman–Crippen LogP) is 4.13. The average molecular weight is 366 g/mol. The van der Waals surface area contributed by atoms with Gasteiger partial charge in [-0.25, -0.2) is 4.98 Å². The molecule has 3 rings (SSSR count). The van der Waals surface area contributed by atoms with Crippen LogP contribution in [0.4, 0.5) is 0 Å². The predicted molar refractivity (Wildman–Crippen MR) is 112 cm³/mol. The molecule has 1 fully saturated rings. The maximum Gasteiger partial charge on any atom is 0.141 e. The lowest BCUT2D eigenvalue weighted by Gasteiger charge is -2.38. The molecule has 4 heteroatoms. The zero-order valence-corrected chi connectivity index (χ0v) is 16.3. The van der Waals surface area contributed by atoms with Crippen LogP contribution in [0.25, 0.3) is 6.08 Å². The minimum atomic E-state index is 0.205. The number of hydrogen-bond acceptors (Lipinski definition) is 4. The number of aryl methyl sites for hydroxylation is 1. The van der Waals surface area contributed by atoms with E-state index in [4.69, 9.17) is 0 Å². The van der Waals surface area contributed by atoms with E-state index in [1.165, 1.54) is 12.0 Å². The molecule has 1 aromatic carbocycles. The Bertz CT molecular complexity index is 724. The van der Waals surface area contributed by atoms with E-state index in [1.54, 1.807) is 12.1 Å². The molecule has 2 aromatic rings. The topological polar surface area (TPSA) is 39.6 Å². The third kappa shape index (κ3) is 5.41. The van der Waals surface area contributed by atoms with Gasteiger partial charge in [-0.15, -0.1) is 0 Å². The van der Waals surface area contributed by atoms with Gasteiger partial charge in [0.25, 0.3) is 0 Å². The SMILES string of the molecule is C=Cc1nc(CCCCN2CCN(C(C)c3ccccc3)CC2)ccc1O. The minimum absolute atomic E-state index is 0.205. The second kappa shape index (κ2) is 9.67. The Morgan fingerprint density at radius 1 is 1.07 bits per heavy atom. The summed E-state index contributed by atoms with van der Waals surface area (Å²) in [5, 5.41) is 9.67. The highest BCUT2D eigenvalue weighted by molar-refractivity contribution is 5.50. The van der Waals surface area contributed by atoms with Gasteiger partial charge in [-0.3, -0.25) is 4.90 Å². The van der Waals surface area contributed by atoms with Crippen molar-refractivity contribution in [2.24, 2.45) is 0 Å². The van der Waals surface area contributed by atoms with E-state index in [0.717, 1.165) is 51.3 Å². The highest BCUT2D eigenvalue weighted by atomic mass is 16.3. The molecule has 1 aliphatic heterocycles. The van der Waals surface area contributed by atoms with E-state index in [1.807, 2.05) is 6.07 Å². The maximum atomic E-state index is 9.67. The van der Waals surface area contributed by atoms with Gasteiger partial charge in [-0.1, -0.05) is 36.9 Å². The average Bonchev–Trinajstić information content (AvgIpc) is 2.73. The number of aromatic nitrogens is 1. The molecule has 1 unspecified atom stereocenters. The summed E-state index contributed by atoms with van der Waals surface area (Å²) in [6.07, 6.45) is 4.86. The molecule has 1 N–H and O–H groups in total. The van der Waals surface area contributed by atoms with Crippen molar-refractivity contribution in [2.45, 2.75) is 32.2 Å². The molecule has 0 saturated carbocycles. The normalized spacial score (nSPS) is 16.9. The van der Waals surface area contributed by atoms with Crippen LogP contribution >= 0.6 is 0 Å². The summed E-state index contributed by atoms with van der Waals surface area (Å²) in [4.78, 5) is 9.61. The van der Waals surface area contributed by atoms with Gasteiger partial charge in [0.05, 0.1) is 0 Å². The smallest absolute Gasteiger partial charge is 0.141 e. The van der Waals surface area contributed by atoms with Crippen molar-refractivity contribution in [3.05, 3.63) is 66.0 Å². The molecule has 144 valence electrons. The number of piperazine rings is 1. The van der Waals surface area contributed by atoms with E-state index in [-0.39, 0.29) is 5.75 Å². The quantitative estimate of drug-likeness (QED) is 0.714. The summed E-state index contributed by atoms with van der Waals surface area (Å²) < 4.78 is 0. The fourth-order valence-corrected chi connectivity index (χ4v) is 3.76. The van der Waals surface area contributed by atoms with Crippen LogP contribution in [0.1, 0.15) is 42.8 Å². The zero-order valence-electron chi connectivity index (χ0n) is 16.3. The molecule has 4 nitrogen and oxygen atoms in total. The third-order valence-electron chi connectivity index (χ3n) is 5.55. The summed E-state index contributed by atoms with van der Waals surface area (Å²) in [6, 6.07) is 14.9. The molecule has 27 heavy (non-hydrogen) atoms. The second-order valence-electron chi connectivity index (χ2n) is 7.33. The Balaban J connectivity index is 1.37. The largest absolute Gasteiger partial charge is 0.506 e. The molecule has 2 heterocycles. The van der Waals surface area contributed by atoms with Gasteiger partial charge in [0.15, 0.2) is 0 Å². The van der Waals surface area contributed by atoms with E-state index >= 15 is 0 Å². The first-order valence-corrected chi connectivity index (χ1v) is 10.00. The fourth-order valence-electron chi connectivity index (χ4n) is 3.76. The van der Waals surface area contributed by atoms with Crippen molar-refractivity contribution >= 4 is 6.08 Å². The number of aromatic hydroxyl groups is 1. The Labute approximate surface area is 163 Å². The first kappa shape index (κ1) is 19.6. The summed E-state index contributed by atoms with van der Waals surface area (Å²) in [5.74, 6) is 0.205. The maximum absolute atomic E-state index is 9.67.